The summed E-state index contributed by atoms with van der Waals surface area (Å²) in [5.41, 5.74) is 0.718. The van der Waals surface area contributed by atoms with Gasteiger partial charge in [0.2, 0.25) is 0 Å². The van der Waals surface area contributed by atoms with E-state index in [2.05, 4.69) is 36.5 Å². The number of nitrogens with zero attached hydrogens (tertiary/aromatic N) is 2. The molecule has 0 saturated carbocycles. The molecular weight excluding hydrogens is 284 g/mol. The second kappa shape index (κ2) is 5.40. The third-order valence-electron chi connectivity index (χ3n) is 1.89. The normalized spacial score (nSPS) is 9.71. The number of halogens is 1. The number of urea groups is 1. The van der Waals surface area contributed by atoms with Gasteiger partial charge in [0.25, 0.3) is 0 Å². The van der Waals surface area contributed by atoms with Gasteiger partial charge in [-0.1, -0.05) is 18.2 Å². The quantitative estimate of drug-likeness (QED) is 0.894. The largest absolute Gasteiger partial charge is 0.324 e. The molecule has 0 radical (unpaired) electrons. The van der Waals surface area contributed by atoms with E-state index in [4.69, 9.17) is 0 Å². The molecule has 0 spiro atoms. The van der Waals surface area contributed by atoms with Crippen LogP contribution in [0.15, 0.2) is 47.3 Å². The van der Waals surface area contributed by atoms with Gasteiger partial charge in [0.05, 0.1) is 12.4 Å². The minimum absolute atomic E-state index is 0.354. The van der Waals surface area contributed by atoms with E-state index in [1.54, 1.807) is 12.1 Å². The van der Waals surface area contributed by atoms with E-state index in [1.165, 1.54) is 12.4 Å². The zero-order valence-electron chi connectivity index (χ0n) is 8.72. The first kappa shape index (κ1) is 11.5. The lowest BCUT2D eigenvalue weighted by Gasteiger charge is -2.06. The highest BCUT2D eigenvalue weighted by Crippen LogP contribution is 2.08. The fourth-order valence-corrected chi connectivity index (χ4v) is 1.38. The van der Waals surface area contributed by atoms with E-state index in [9.17, 15) is 4.79 Å². The van der Waals surface area contributed by atoms with Crippen molar-refractivity contribution in [3.8, 4) is 0 Å². The molecule has 2 rings (SSSR count). The van der Waals surface area contributed by atoms with Crippen molar-refractivity contribution < 1.29 is 4.79 Å². The van der Waals surface area contributed by atoms with Crippen LogP contribution in [0.4, 0.5) is 16.3 Å². The van der Waals surface area contributed by atoms with Crippen LogP contribution in [0, 0.1) is 0 Å². The van der Waals surface area contributed by atoms with Crippen LogP contribution in [0.2, 0.25) is 0 Å². The molecule has 5 nitrogen and oxygen atoms in total. The fraction of sp³-hybridized carbons (Fsp3) is 0. The molecule has 0 saturated heterocycles. The number of hydrogen-bond acceptors (Lipinski definition) is 3. The number of amides is 2. The minimum atomic E-state index is -0.354. The summed E-state index contributed by atoms with van der Waals surface area (Å²) < 4.78 is 0.617. The Hall–Kier alpha value is -1.95. The Morgan fingerprint density at radius 2 is 1.82 bits per heavy atom. The summed E-state index contributed by atoms with van der Waals surface area (Å²) in [5.74, 6) is 0.390. The van der Waals surface area contributed by atoms with Crippen LogP contribution in [-0.4, -0.2) is 16.0 Å². The van der Waals surface area contributed by atoms with Gasteiger partial charge in [0, 0.05) is 5.69 Å². The van der Waals surface area contributed by atoms with Crippen molar-refractivity contribution in [3.05, 3.63) is 47.3 Å². The number of nitrogens with one attached hydrogen (secondary N) is 2. The van der Waals surface area contributed by atoms with Gasteiger partial charge in [-0.05, 0) is 28.1 Å². The zero-order chi connectivity index (χ0) is 12.1. The van der Waals surface area contributed by atoms with E-state index >= 15 is 0 Å². The highest BCUT2D eigenvalue weighted by atomic mass is 79.9. The predicted molar refractivity (Wildman–Crippen MR) is 68.8 cm³/mol. The number of rotatable bonds is 2. The van der Waals surface area contributed by atoms with Gasteiger partial charge in [-0.2, -0.15) is 0 Å². The molecule has 2 aromatic rings. The fourth-order valence-electron chi connectivity index (χ4n) is 1.18. The third kappa shape index (κ3) is 3.53. The number of carbonyl (C=O) groups is 1. The lowest BCUT2D eigenvalue weighted by atomic mass is 10.3. The predicted octanol–water partition coefficient (Wildman–Crippen LogP) is 2.88. The van der Waals surface area contributed by atoms with Crippen molar-refractivity contribution in [3.63, 3.8) is 0 Å². The van der Waals surface area contributed by atoms with Crippen LogP contribution in [0.25, 0.3) is 0 Å². The second-order valence-electron chi connectivity index (χ2n) is 3.17. The number of anilines is 2. The van der Waals surface area contributed by atoms with E-state index in [0.29, 0.717) is 10.4 Å². The monoisotopic (exact) mass is 292 g/mol. The molecule has 17 heavy (non-hydrogen) atoms. The summed E-state index contributed by atoms with van der Waals surface area (Å²) in [5, 5.41) is 5.25. The van der Waals surface area contributed by atoms with Gasteiger partial charge in [-0.25, -0.2) is 14.8 Å². The Labute approximate surface area is 106 Å². The van der Waals surface area contributed by atoms with Crippen LogP contribution < -0.4 is 10.6 Å². The van der Waals surface area contributed by atoms with Crippen LogP contribution >= 0.6 is 15.9 Å². The molecule has 2 N–H and O–H groups in total. The van der Waals surface area contributed by atoms with Crippen molar-refractivity contribution in [2.45, 2.75) is 0 Å². The zero-order valence-corrected chi connectivity index (χ0v) is 10.3. The summed E-state index contributed by atoms with van der Waals surface area (Å²) in [6.07, 6.45) is 2.98. The van der Waals surface area contributed by atoms with E-state index in [-0.39, 0.29) is 6.03 Å². The van der Waals surface area contributed by atoms with Crippen molar-refractivity contribution in [2.75, 3.05) is 10.6 Å². The Morgan fingerprint density at radius 3 is 2.47 bits per heavy atom. The summed E-state index contributed by atoms with van der Waals surface area (Å²) in [6.45, 7) is 0. The first-order valence-corrected chi connectivity index (χ1v) is 5.64. The molecule has 0 unspecified atom stereocenters. The molecule has 86 valence electrons. The Morgan fingerprint density at radius 1 is 1.06 bits per heavy atom. The molecule has 1 aromatic heterocycles. The number of hydrogen-bond donors (Lipinski definition) is 2. The average Bonchev–Trinajstić information content (AvgIpc) is 2.33. The lowest BCUT2D eigenvalue weighted by molar-refractivity contribution is 0.262. The molecule has 1 aromatic carbocycles. The average molecular weight is 293 g/mol. The molecule has 0 fully saturated rings. The highest BCUT2D eigenvalue weighted by Gasteiger charge is 2.03. The Kier molecular flexibility index (Phi) is 3.66. The van der Waals surface area contributed by atoms with E-state index in [1.807, 2.05) is 18.2 Å². The molecular formula is C11H9BrN4O. The molecule has 0 aliphatic heterocycles. The summed E-state index contributed by atoms with van der Waals surface area (Å²) in [6, 6.07) is 8.81. The lowest BCUT2D eigenvalue weighted by Crippen LogP contribution is -2.20. The maximum atomic E-state index is 11.6. The number of benzene rings is 1. The Bertz CT molecular complexity index is 501. The summed E-state index contributed by atoms with van der Waals surface area (Å²) in [4.78, 5) is 19.5. The SMILES string of the molecule is O=C(Nc1ccccc1)Nc1cnc(Br)cn1. The molecule has 0 bridgehead atoms. The molecule has 1 heterocycles. The third-order valence-corrected chi connectivity index (χ3v) is 2.30. The van der Waals surface area contributed by atoms with Gasteiger partial charge < -0.3 is 5.32 Å². The van der Waals surface area contributed by atoms with Crippen LogP contribution in [0.5, 0.6) is 0 Å². The summed E-state index contributed by atoms with van der Waals surface area (Å²) >= 11 is 3.16. The van der Waals surface area contributed by atoms with Crippen molar-refractivity contribution in [2.24, 2.45) is 0 Å². The Balaban J connectivity index is 1.96. The van der Waals surface area contributed by atoms with Crippen LogP contribution in [0.3, 0.4) is 0 Å². The van der Waals surface area contributed by atoms with Gasteiger partial charge in [-0.15, -0.1) is 0 Å². The first-order valence-electron chi connectivity index (χ1n) is 4.84. The smallest absolute Gasteiger partial charge is 0.308 e. The molecule has 6 heteroatoms. The van der Waals surface area contributed by atoms with Crippen LogP contribution in [-0.2, 0) is 0 Å². The molecule has 0 aliphatic carbocycles. The second-order valence-corrected chi connectivity index (χ2v) is 3.98. The van der Waals surface area contributed by atoms with Gasteiger partial charge in [-0.3, -0.25) is 5.32 Å². The number of carbonyl (C=O) groups excluding carboxylic acids is 1. The van der Waals surface area contributed by atoms with Crippen molar-refractivity contribution >= 4 is 33.5 Å². The topological polar surface area (TPSA) is 66.9 Å². The van der Waals surface area contributed by atoms with Gasteiger partial charge in [0.1, 0.15) is 4.60 Å². The van der Waals surface area contributed by atoms with Gasteiger partial charge >= 0.3 is 6.03 Å². The highest BCUT2D eigenvalue weighted by molar-refractivity contribution is 9.10. The van der Waals surface area contributed by atoms with Gasteiger partial charge in [0.15, 0.2) is 5.82 Å². The minimum Gasteiger partial charge on any atom is -0.308 e. The number of aromatic nitrogens is 2. The standard InChI is InChI=1S/C11H9BrN4O/c12-9-6-14-10(7-13-9)16-11(17)15-8-4-2-1-3-5-8/h1-7H,(H2,14,15,16,17). The first-order chi connectivity index (χ1) is 8.24. The van der Waals surface area contributed by atoms with Crippen molar-refractivity contribution in [1.82, 2.24) is 9.97 Å². The molecule has 0 atom stereocenters. The van der Waals surface area contributed by atoms with E-state index < -0.39 is 0 Å². The summed E-state index contributed by atoms with van der Waals surface area (Å²) in [7, 11) is 0. The van der Waals surface area contributed by atoms with Crippen LogP contribution in [0.1, 0.15) is 0 Å². The molecule has 0 aliphatic rings. The number of para-hydroxylation sites is 1. The van der Waals surface area contributed by atoms with Crippen molar-refractivity contribution in [1.29, 1.82) is 0 Å². The maximum absolute atomic E-state index is 11.6. The van der Waals surface area contributed by atoms with E-state index in [0.717, 1.165) is 5.69 Å². The molecule has 2 amide bonds. The maximum Gasteiger partial charge on any atom is 0.324 e.